The lowest BCUT2D eigenvalue weighted by molar-refractivity contribution is -0.385. The number of nitrogens with one attached hydrogen (secondary N) is 1. The van der Waals surface area contributed by atoms with Gasteiger partial charge in [-0.1, -0.05) is 12.1 Å². The average Bonchev–Trinajstić information content (AvgIpc) is 2.48. The minimum atomic E-state index is -0.493. The Balaban J connectivity index is 0.00000220. The van der Waals surface area contributed by atoms with Crippen LogP contribution in [-0.4, -0.2) is 48.5 Å². The maximum Gasteiger partial charge on any atom is 0.310 e. The van der Waals surface area contributed by atoms with Crippen LogP contribution in [0.4, 0.5) is 5.69 Å². The molecule has 7 nitrogen and oxygen atoms in total. The standard InChI is InChI=1S/C13H17N3O4.ClH/c17-13(15-8-6-14-7-9-15)5-10-20-12-4-2-1-3-11(12)16(18)19;/h1-4,14H,5-10H2;1H. The van der Waals surface area contributed by atoms with Crippen molar-refractivity contribution in [3.8, 4) is 5.75 Å². The van der Waals surface area contributed by atoms with Gasteiger partial charge in [0, 0.05) is 32.2 Å². The number of nitrogens with zero attached hydrogens (tertiary/aromatic N) is 2. The summed E-state index contributed by atoms with van der Waals surface area (Å²) in [7, 11) is 0. The van der Waals surface area contributed by atoms with Gasteiger partial charge in [0.2, 0.25) is 5.91 Å². The van der Waals surface area contributed by atoms with Crippen molar-refractivity contribution in [3.63, 3.8) is 0 Å². The Morgan fingerprint density at radius 2 is 2.00 bits per heavy atom. The summed E-state index contributed by atoms with van der Waals surface area (Å²) >= 11 is 0. The first-order chi connectivity index (χ1) is 9.68. The molecule has 0 aliphatic carbocycles. The van der Waals surface area contributed by atoms with E-state index in [1.54, 1.807) is 17.0 Å². The molecular formula is C13H18ClN3O4. The zero-order valence-electron chi connectivity index (χ0n) is 11.5. The van der Waals surface area contributed by atoms with Crippen molar-refractivity contribution < 1.29 is 14.5 Å². The van der Waals surface area contributed by atoms with E-state index < -0.39 is 4.92 Å². The van der Waals surface area contributed by atoms with E-state index >= 15 is 0 Å². The fourth-order valence-electron chi connectivity index (χ4n) is 2.05. The number of piperazine rings is 1. The highest BCUT2D eigenvalue weighted by Crippen LogP contribution is 2.25. The number of rotatable bonds is 5. The number of halogens is 1. The van der Waals surface area contributed by atoms with Crippen molar-refractivity contribution in [1.29, 1.82) is 0 Å². The van der Waals surface area contributed by atoms with Gasteiger partial charge in [0.1, 0.15) is 0 Å². The maximum atomic E-state index is 11.9. The Morgan fingerprint density at radius 3 is 2.67 bits per heavy atom. The van der Waals surface area contributed by atoms with Gasteiger partial charge in [-0.2, -0.15) is 0 Å². The van der Waals surface area contributed by atoms with Gasteiger partial charge in [-0.25, -0.2) is 0 Å². The van der Waals surface area contributed by atoms with E-state index in [-0.39, 0.29) is 42.8 Å². The predicted molar refractivity (Wildman–Crippen MR) is 79.9 cm³/mol. The van der Waals surface area contributed by atoms with Gasteiger partial charge in [-0.3, -0.25) is 14.9 Å². The van der Waals surface area contributed by atoms with Crippen molar-refractivity contribution in [2.24, 2.45) is 0 Å². The highest BCUT2D eigenvalue weighted by atomic mass is 35.5. The van der Waals surface area contributed by atoms with Crippen LogP contribution in [0.25, 0.3) is 0 Å². The summed E-state index contributed by atoms with van der Waals surface area (Å²) in [6.45, 7) is 3.15. The Hall–Kier alpha value is -1.86. The van der Waals surface area contributed by atoms with Crippen LogP contribution in [0, 0.1) is 10.1 Å². The third-order valence-corrected chi connectivity index (χ3v) is 3.11. The van der Waals surface area contributed by atoms with Crippen molar-refractivity contribution in [2.75, 3.05) is 32.8 Å². The van der Waals surface area contributed by atoms with Crippen LogP contribution < -0.4 is 10.1 Å². The van der Waals surface area contributed by atoms with Gasteiger partial charge in [0.15, 0.2) is 5.75 Å². The quantitative estimate of drug-likeness (QED) is 0.652. The van der Waals surface area contributed by atoms with Crippen LogP contribution in [0.3, 0.4) is 0 Å². The number of benzene rings is 1. The van der Waals surface area contributed by atoms with E-state index in [0.29, 0.717) is 13.1 Å². The number of carbonyl (C=O) groups excluding carboxylic acids is 1. The topological polar surface area (TPSA) is 84.7 Å². The van der Waals surface area contributed by atoms with Gasteiger partial charge in [0.25, 0.3) is 0 Å². The average molecular weight is 316 g/mol. The largest absolute Gasteiger partial charge is 0.486 e. The summed E-state index contributed by atoms with van der Waals surface area (Å²) in [4.78, 5) is 24.0. The molecular weight excluding hydrogens is 298 g/mol. The zero-order valence-corrected chi connectivity index (χ0v) is 12.3. The number of hydrogen-bond donors (Lipinski definition) is 1. The molecule has 0 unspecified atom stereocenters. The van der Waals surface area contributed by atoms with Crippen molar-refractivity contribution >= 4 is 24.0 Å². The summed E-state index contributed by atoms with van der Waals surface area (Å²) in [5.74, 6) is 0.218. The molecule has 1 amide bonds. The van der Waals surface area contributed by atoms with E-state index in [0.717, 1.165) is 13.1 Å². The number of amides is 1. The number of nitro benzene ring substituents is 1. The van der Waals surface area contributed by atoms with Gasteiger partial charge >= 0.3 is 5.69 Å². The lowest BCUT2D eigenvalue weighted by Gasteiger charge is -2.27. The molecule has 1 aliphatic heterocycles. The maximum absolute atomic E-state index is 11.9. The molecule has 0 spiro atoms. The predicted octanol–water partition coefficient (Wildman–Crippen LogP) is 1.22. The highest BCUT2D eigenvalue weighted by molar-refractivity contribution is 5.85. The Kier molecular flexibility index (Phi) is 6.90. The van der Waals surface area contributed by atoms with Crippen molar-refractivity contribution in [2.45, 2.75) is 6.42 Å². The molecule has 1 N–H and O–H groups in total. The molecule has 0 radical (unpaired) electrons. The molecule has 1 fully saturated rings. The van der Waals surface area contributed by atoms with Crippen LogP contribution >= 0.6 is 12.4 Å². The van der Waals surface area contributed by atoms with Crippen molar-refractivity contribution in [1.82, 2.24) is 10.2 Å². The Bertz CT molecular complexity index is 492. The number of nitro groups is 1. The Labute approximate surface area is 128 Å². The number of para-hydroxylation sites is 2. The summed E-state index contributed by atoms with van der Waals surface area (Å²) in [6, 6.07) is 6.16. The third-order valence-electron chi connectivity index (χ3n) is 3.11. The fraction of sp³-hybridized carbons (Fsp3) is 0.462. The smallest absolute Gasteiger partial charge is 0.310 e. The first-order valence-electron chi connectivity index (χ1n) is 6.53. The van der Waals surface area contributed by atoms with Crippen LogP contribution in [0.15, 0.2) is 24.3 Å². The van der Waals surface area contributed by atoms with Gasteiger partial charge in [-0.15, -0.1) is 12.4 Å². The summed E-state index contributed by atoms with van der Waals surface area (Å²) in [5.41, 5.74) is -0.0814. The monoisotopic (exact) mass is 315 g/mol. The van der Waals surface area contributed by atoms with Gasteiger partial charge in [-0.05, 0) is 6.07 Å². The van der Waals surface area contributed by atoms with Crippen LogP contribution in [0.5, 0.6) is 5.75 Å². The van der Waals surface area contributed by atoms with E-state index in [1.165, 1.54) is 12.1 Å². The molecule has 1 aliphatic rings. The second-order valence-electron chi connectivity index (χ2n) is 4.45. The molecule has 0 atom stereocenters. The molecule has 8 heteroatoms. The molecule has 116 valence electrons. The first kappa shape index (κ1) is 17.2. The zero-order chi connectivity index (χ0) is 14.4. The number of carbonyl (C=O) groups is 1. The van der Waals surface area contributed by atoms with E-state index in [4.69, 9.17) is 4.74 Å². The van der Waals surface area contributed by atoms with Crippen LogP contribution in [0.2, 0.25) is 0 Å². The Morgan fingerprint density at radius 1 is 1.33 bits per heavy atom. The van der Waals surface area contributed by atoms with E-state index in [9.17, 15) is 14.9 Å². The van der Waals surface area contributed by atoms with Crippen LogP contribution in [-0.2, 0) is 4.79 Å². The normalized spacial score (nSPS) is 14.2. The first-order valence-corrected chi connectivity index (χ1v) is 6.53. The highest BCUT2D eigenvalue weighted by Gasteiger charge is 2.17. The minimum Gasteiger partial charge on any atom is -0.486 e. The van der Waals surface area contributed by atoms with E-state index in [1.807, 2.05) is 0 Å². The SMILES string of the molecule is Cl.O=C(CCOc1ccccc1[N+](=O)[O-])N1CCNCC1. The molecule has 0 aromatic heterocycles. The van der Waals surface area contributed by atoms with Gasteiger partial charge < -0.3 is 15.0 Å². The molecule has 1 heterocycles. The molecule has 21 heavy (non-hydrogen) atoms. The second-order valence-corrected chi connectivity index (χ2v) is 4.45. The molecule has 0 saturated carbocycles. The molecule has 1 aromatic rings. The minimum absolute atomic E-state index is 0. The fourth-order valence-corrected chi connectivity index (χ4v) is 2.05. The van der Waals surface area contributed by atoms with Crippen LogP contribution in [0.1, 0.15) is 6.42 Å². The summed E-state index contributed by atoms with van der Waals surface area (Å²) < 4.78 is 5.36. The summed E-state index contributed by atoms with van der Waals surface area (Å²) in [5, 5.41) is 14.0. The van der Waals surface area contributed by atoms with Crippen molar-refractivity contribution in [3.05, 3.63) is 34.4 Å². The van der Waals surface area contributed by atoms with Gasteiger partial charge in [0.05, 0.1) is 18.0 Å². The molecule has 2 rings (SSSR count). The number of hydrogen-bond acceptors (Lipinski definition) is 5. The molecule has 1 aromatic carbocycles. The molecule has 1 saturated heterocycles. The molecule has 0 bridgehead atoms. The third kappa shape index (κ3) is 4.87. The number of ether oxygens (including phenoxy) is 1. The summed E-state index contributed by atoms with van der Waals surface area (Å²) in [6.07, 6.45) is 0.228. The second kappa shape index (κ2) is 8.43. The lowest BCUT2D eigenvalue weighted by Crippen LogP contribution is -2.46. The van der Waals surface area contributed by atoms with E-state index in [2.05, 4.69) is 5.32 Å². The lowest BCUT2D eigenvalue weighted by atomic mass is 10.3.